The fourth-order valence-corrected chi connectivity index (χ4v) is 5.18. The van der Waals surface area contributed by atoms with E-state index in [0.717, 1.165) is 42.1 Å². The molecule has 0 amide bonds. The van der Waals surface area contributed by atoms with E-state index < -0.39 is 0 Å². The van der Waals surface area contributed by atoms with E-state index in [2.05, 4.69) is 26.8 Å². The highest BCUT2D eigenvalue weighted by molar-refractivity contribution is 5.78. The van der Waals surface area contributed by atoms with Crippen LogP contribution in [0.4, 0.5) is 15.9 Å². The Labute approximate surface area is 185 Å². The van der Waals surface area contributed by atoms with Crippen LogP contribution in [-0.4, -0.2) is 56.6 Å². The molecule has 2 aliphatic heterocycles. The Morgan fingerprint density at radius 2 is 1.91 bits per heavy atom. The number of nitrogens with two attached hydrogens (primary N) is 1. The van der Waals surface area contributed by atoms with Crippen LogP contribution >= 0.6 is 0 Å². The SMILES string of the molecule is Cc1nc2ccc(-c3ccnc(N)c3)nc2n1-c1ccc(N2C[C@@H]3C[C@H]2CN3C)c(F)c1. The molecule has 4 aromatic rings. The molecule has 3 aromatic heterocycles. The van der Waals surface area contributed by atoms with Crippen molar-refractivity contribution in [3.8, 4) is 16.9 Å². The number of aryl methyl sites for hydroxylation is 1. The Bertz CT molecular complexity index is 1350. The van der Waals surface area contributed by atoms with Gasteiger partial charge >= 0.3 is 0 Å². The molecule has 2 aliphatic rings. The van der Waals surface area contributed by atoms with Crippen molar-refractivity contribution >= 4 is 22.7 Å². The van der Waals surface area contributed by atoms with E-state index in [4.69, 9.17) is 10.7 Å². The van der Waals surface area contributed by atoms with E-state index in [1.54, 1.807) is 18.3 Å². The number of hydrogen-bond acceptors (Lipinski definition) is 6. The number of piperazine rings is 1. The number of halogens is 1. The standard InChI is InChI=1S/C24H24FN7/c1-14-28-21-5-4-20(15-7-8-27-23(26)9-15)29-24(21)32(14)16-3-6-22(19(25)11-16)31-13-17-10-18(31)12-30(17)2/h3-9,11,17-18H,10,12-13H2,1-2H3,(H2,26,27)/t17-,18-/m0/s1. The summed E-state index contributed by atoms with van der Waals surface area (Å²) >= 11 is 0. The normalized spacial score (nSPS) is 20.5. The van der Waals surface area contributed by atoms with Crippen molar-refractivity contribution in [2.75, 3.05) is 30.8 Å². The smallest absolute Gasteiger partial charge is 0.165 e. The summed E-state index contributed by atoms with van der Waals surface area (Å²) in [5.41, 5.74) is 10.3. The van der Waals surface area contributed by atoms with E-state index in [9.17, 15) is 0 Å². The highest BCUT2D eigenvalue weighted by atomic mass is 19.1. The first-order valence-electron chi connectivity index (χ1n) is 10.8. The zero-order chi connectivity index (χ0) is 22.0. The molecule has 5 heterocycles. The van der Waals surface area contributed by atoms with E-state index in [-0.39, 0.29) is 5.82 Å². The molecule has 162 valence electrons. The number of imidazole rings is 1. The summed E-state index contributed by atoms with van der Waals surface area (Å²) in [4.78, 5) is 18.1. The third-order valence-corrected chi connectivity index (χ3v) is 6.76. The summed E-state index contributed by atoms with van der Waals surface area (Å²) in [5.74, 6) is 0.985. The predicted octanol–water partition coefficient (Wildman–Crippen LogP) is 3.40. The van der Waals surface area contributed by atoms with Crippen molar-refractivity contribution in [2.45, 2.75) is 25.4 Å². The molecule has 0 spiro atoms. The first-order valence-corrected chi connectivity index (χ1v) is 10.8. The van der Waals surface area contributed by atoms with E-state index in [0.29, 0.717) is 34.9 Å². The van der Waals surface area contributed by atoms with Crippen LogP contribution in [0.5, 0.6) is 0 Å². The monoisotopic (exact) mass is 429 g/mol. The van der Waals surface area contributed by atoms with Gasteiger partial charge in [0.05, 0.1) is 17.1 Å². The van der Waals surface area contributed by atoms with Gasteiger partial charge in [-0.3, -0.25) is 9.47 Å². The van der Waals surface area contributed by atoms with Crippen LogP contribution < -0.4 is 10.6 Å². The van der Waals surface area contributed by atoms with Crippen molar-refractivity contribution in [1.82, 2.24) is 24.4 Å². The second kappa shape index (κ2) is 7.00. The van der Waals surface area contributed by atoms with Gasteiger partial charge in [-0.25, -0.2) is 19.3 Å². The Balaban J connectivity index is 1.41. The minimum Gasteiger partial charge on any atom is -0.384 e. The topological polar surface area (TPSA) is 76.1 Å². The lowest BCUT2D eigenvalue weighted by atomic mass is 10.1. The van der Waals surface area contributed by atoms with E-state index in [1.807, 2.05) is 41.8 Å². The minimum atomic E-state index is -0.211. The summed E-state index contributed by atoms with van der Waals surface area (Å²) in [6, 6.07) is 13.9. The fourth-order valence-electron chi connectivity index (χ4n) is 5.18. The van der Waals surface area contributed by atoms with Gasteiger partial charge in [0.15, 0.2) is 5.65 Å². The average molecular weight is 430 g/mol. The average Bonchev–Trinajstić information content (AvgIpc) is 3.44. The van der Waals surface area contributed by atoms with Crippen LogP contribution in [0.25, 0.3) is 28.1 Å². The second-order valence-corrected chi connectivity index (χ2v) is 8.77. The van der Waals surface area contributed by atoms with Crippen LogP contribution in [0.3, 0.4) is 0 Å². The van der Waals surface area contributed by atoms with Crippen LogP contribution in [0.2, 0.25) is 0 Å². The van der Waals surface area contributed by atoms with Crippen molar-refractivity contribution in [1.29, 1.82) is 0 Å². The number of likely N-dealkylation sites (N-methyl/N-ethyl adjacent to an activating group) is 1. The van der Waals surface area contributed by atoms with Gasteiger partial charge in [0.25, 0.3) is 0 Å². The zero-order valence-electron chi connectivity index (χ0n) is 18.0. The third-order valence-electron chi connectivity index (χ3n) is 6.76. The van der Waals surface area contributed by atoms with E-state index in [1.165, 1.54) is 0 Å². The number of benzene rings is 1. The summed E-state index contributed by atoms with van der Waals surface area (Å²) < 4.78 is 17.2. The van der Waals surface area contributed by atoms with Gasteiger partial charge in [-0.15, -0.1) is 0 Å². The number of rotatable bonds is 3. The highest BCUT2D eigenvalue weighted by Gasteiger charge is 2.42. The maximum absolute atomic E-state index is 15.3. The van der Waals surface area contributed by atoms with Crippen molar-refractivity contribution in [2.24, 2.45) is 0 Å². The van der Waals surface area contributed by atoms with Gasteiger partial charge in [-0.1, -0.05) is 0 Å². The zero-order valence-corrected chi connectivity index (χ0v) is 18.0. The molecule has 0 saturated carbocycles. The van der Waals surface area contributed by atoms with Gasteiger partial charge in [0.1, 0.15) is 23.0 Å². The maximum Gasteiger partial charge on any atom is 0.165 e. The molecule has 8 heteroatoms. The number of fused-ring (bicyclic) bond motifs is 3. The number of hydrogen-bond donors (Lipinski definition) is 1. The van der Waals surface area contributed by atoms with Crippen LogP contribution in [0.1, 0.15) is 12.2 Å². The molecule has 2 bridgehead atoms. The Morgan fingerprint density at radius 3 is 2.62 bits per heavy atom. The Hall–Kier alpha value is -3.52. The number of nitrogen functional groups attached to an aromatic ring is 1. The Kier molecular flexibility index (Phi) is 4.19. The molecule has 0 aliphatic carbocycles. The fraction of sp³-hybridized carbons (Fsp3) is 0.292. The Morgan fingerprint density at radius 1 is 1.03 bits per heavy atom. The number of nitrogens with zero attached hydrogens (tertiary/aromatic N) is 6. The molecule has 32 heavy (non-hydrogen) atoms. The summed E-state index contributed by atoms with van der Waals surface area (Å²) in [6.45, 7) is 3.78. The third kappa shape index (κ3) is 2.94. The maximum atomic E-state index is 15.3. The number of anilines is 2. The number of likely N-dealkylation sites (tertiary alicyclic amines) is 1. The summed E-state index contributed by atoms with van der Waals surface area (Å²) in [6.07, 6.45) is 2.77. The molecular weight excluding hydrogens is 405 g/mol. The van der Waals surface area contributed by atoms with Gasteiger partial charge in [0.2, 0.25) is 0 Å². The molecule has 2 fully saturated rings. The van der Waals surface area contributed by atoms with Gasteiger partial charge in [-0.2, -0.15) is 0 Å². The molecule has 7 nitrogen and oxygen atoms in total. The van der Waals surface area contributed by atoms with E-state index >= 15 is 4.39 Å². The second-order valence-electron chi connectivity index (χ2n) is 8.77. The molecule has 0 radical (unpaired) electrons. The van der Waals surface area contributed by atoms with Crippen LogP contribution in [0.15, 0.2) is 48.7 Å². The van der Waals surface area contributed by atoms with Crippen molar-refractivity contribution < 1.29 is 4.39 Å². The predicted molar refractivity (Wildman–Crippen MR) is 123 cm³/mol. The van der Waals surface area contributed by atoms with Gasteiger partial charge in [0, 0.05) is 43.0 Å². The quantitative estimate of drug-likeness (QED) is 0.538. The molecule has 2 N–H and O–H groups in total. The minimum absolute atomic E-state index is 0.211. The first-order chi connectivity index (χ1) is 15.5. The van der Waals surface area contributed by atoms with Crippen molar-refractivity contribution in [3.05, 3.63) is 60.3 Å². The highest BCUT2D eigenvalue weighted by Crippen LogP contribution is 2.36. The lowest BCUT2D eigenvalue weighted by Gasteiger charge is -2.33. The van der Waals surface area contributed by atoms with Crippen LogP contribution in [0, 0.1) is 12.7 Å². The van der Waals surface area contributed by atoms with Crippen molar-refractivity contribution in [3.63, 3.8) is 0 Å². The molecular formula is C24H24FN7. The molecule has 6 rings (SSSR count). The molecule has 2 atom stereocenters. The molecule has 0 unspecified atom stereocenters. The lowest BCUT2D eigenvalue weighted by molar-refractivity contribution is 0.292. The van der Waals surface area contributed by atoms with Gasteiger partial charge in [-0.05, 0) is 56.8 Å². The molecule has 1 aromatic carbocycles. The van der Waals surface area contributed by atoms with Gasteiger partial charge < -0.3 is 10.6 Å². The lowest BCUT2D eigenvalue weighted by Crippen LogP contribution is -2.44. The first kappa shape index (κ1) is 19.2. The number of pyridine rings is 2. The molecule has 2 saturated heterocycles. The number of aromatic nitrogens is 4. The summed E-state index contributed by atoms with van der Waals surface area (Å²) in [7, 11) is 2.15. The largest absolute Gasteiger partial charge is 0.384 e. The van der Waals surface area contributed by atoms with Crippen LogP contribution in [-0.2, 0) is 0 Å². The summed E-state index contributed by atoms with van der Waals surface area (Å²) in [5, 5.41) is 0.